The molecular formula is C26H26N4O2. The van der Waals surface area contributed by atoms with Gasteiger partial charge in [0.25, 0.3) is 0 Å². The van der Waals surface area contributed by atoms with Crippen molar-refractivity contribution >= 4 is 22.9 Å². The number of anilines is 1. The number of methoxy groups -OCH3 is 1. The van der Waals surface area contributed by atoms with Gasteiger partial charge in [-0.2, -0.15) is 5.10 Å². The molecule has 3 aromatic carbocycles. The van der Waals surface area contributed by atoms with Crippen LogP contribution in [0.25, 0.3) is 0 Å². The molecule has 0 spiro atoms. The van der Waals surface area contributed by atoms with Crippen LogP contribution >= 0.6 is 0 Å². The number of fused-ring (bicyclic) bond motifs is 1. The Labute approximate surface area is 188 Å². The van der Waals surface area contributed by atoms with Gasteiger partial charge in [-0.15, -0.1) is 0 Å². The van der Waals surface area contributed by atoms with Gasteiger partial charge in [-0.05, 0) is 37.3 Å². The normalized spacial score (nSPS) is 15.8. The molecular weight excluding hydrogens is 400 g/mol. The lowest BCUT2D eigenvalue weighted by Gasteiger charge is -2.29. The van der Waals surface area contributed by atoms with Crippen LogP contribution in [0.1, 0.15) is 22.3 Å². The summed E-state index contributed by atoms with van der Waals surface area (Å²) in [5.74, 6) is 1.49. The maximum Gasteiger partial charge on any atom is 0.154 e. The van der Waals surface area contributed by atoms with Crippen LogP contribution in [0.15, 0.2) is 76.8 Å². The number of aliphatic imine (C=N–C) groups is 1. The van der Waals surface area contributed by atoms with Crippen molar-refractivity contribution in [2.45, 2.75) is 6.92 Å². The van der Waals surface area contributed by atoms with Crippen molar-refractivity contribution in [1.82, 2.24) is 5.43 Å². The van der Waals surface area contributed by atoms with Gasteiger partial charge in [0.05, 0.1) is 26.0 Å². The molecule has 6 nitrogen and oxygen atoms in total. The summed E-state index contributed by atoms with van der Waals surface area (Å²) in [6.45, 7) is 5.44. The van der Waals surface area contributed by atoms with Gasteiger partial charge in [0.15, 0.2) is 5.84 Å². The number of rotatable bonds is 4. The fourth-order valence-corrected chi connectivity index (χ4v) is 3.96. The fraction of sp³-hybridized carbons (Fsp3) is 0.231. The average Bonchev–Trinajstić information content (AvgIpc) is 3.04. The summed E-state index contributed by atoms with van der Waals surface area (Å²) >= 11 is 0. The highest BCUT2D eigenvalue weighted by Crippen LogP contribution is 2.30. The first-order valence-electron chi connectivity index (χ1n) is 10.8. The summed E-state index contributed by atoms with van der Waals surface area (Å²) in [4.78, 5) is 7.24. The van der Waals surface area contributed by atoms with Crippen LogP contribution in [0.3, 0.4) is 0 Å². The van der Waals surface area contributed by atoms with Crippen molar-refractivity contribution in [3.05, 3.63) is 89.0 Å². The molecule has 6 heteroatoms. The highest BCUT2D eigenvalue weighted by molar-refractivity contribution is 6.18. The average molecular weight is 427 g/mol. The monoisotopic (exact) mass is 426 g/mol. The lowest BCUT2D eigenvalue weighted by Crippen LogP contribution is -2.36. The third-order valence-corrected chi connectivity index (χ3v) is 5.81. The minimum Gasteiger partial charge on any atom is -0.497 e. The topological polar surface area (TPSA) is 58.5 Å². The van der Waals surface area contributed by atoms with E-state index in [1.165, 1.54) is 11.3 Å². The number of hydrazone groups is 1. The van der Waals surface area contributed by atoms with Gasteiger partial charge in [-0.25, -0.2) is 4.99 Å². The SMILES string of the molecule is COc1ccc2c(c1)C(c1ccc(N3CCOCC3)cc1)=NNC(c1ccc(C)cc1)=N2. The Kier molecular flexibility index (Phi) is 5.60. The van der Waals surface area contributed by atoms with E-state index in [4.69, 9.17) is 19.6 Å². The van der Waals surface area contributed by atoms with Gasteiger partial charge >= 0.3 is 0 Å². The Morgan fingerprint density at radius 1 is 0.906 bits per heavy atom. The van der Waals surface area contributed by atoms with Crippen molar-refractivity contribution in [3.8, 4) is 5.75 Å². The highest BCUT2D eigenvalue weighted by Gasteiger charge is 2.19. The summed E-state index contributed by atoms with van der Waals surface area (Å²) in [6, 6.07) is 22.7. The van der Waals surface area contributed by atoms with Gasteiger partial charge in [-0.3, -0.25) is 5.43 Å². The second-order valence-electron chi connectivity index (χ2n) is 7.93. The summed E-state index contributed by atoms with van der Waals surface area (Å²) in [6.07, 6.45) is 0. The smallest absolute Gasteiger partial charge is 0.154 e. The lowest BCUT2D eigenvalue weighted by molar-refractivity contribution is 0.122. The molecule has 2 aliphatic rings. The third-order valence-electron chi connectivity index (χ3n) is 5.81. The molecule has 0 bridgehead atoms. The van der Waals surface area contributed by atoms with Crippen LogP contribution in [0.5, 0.6) is 5.75 Å². The molecule has 0 saturated carbocycles. The Morgan fingerprint density at radius 2 is 1.62 bits per heavy atom. The Hall–Kier alpha value is -3.64. The van der Waals surface area contributed by atoms with Crippen molar-refractivity contribution in [2.75, 3.05) is 38.3 Å². The van der Waals surface area contributed by atoms with Gasteiger partial charge in [-0.1, -0.05) is 42.0 Å². The predicted molar refractivity (Wildman–Crippen MR) is 129 cm³/mol. The molecule has 1 saturated heterocycles. The molecule has 0 amide bonds. The first-order chi connectivity index (χ1) is 15.7. The van der Waals surface area contributed by atoms with E-state index in [-0.39, 0.29) is 0 Å². The zero-order valence-corrected chi connectivity index (χ0v) is 18.3. The molecule has 2 aliphatic heterocycles. The van der Waals surface area contributed by atoms with Gasteiger partial charge in [0, 0.05) is 35.5 Å². The van der Waals surface area contributed by atoms with E-state index in [9.17, 15) is 0 Å². The molecule has 3 aromatic rings. The summed E-state index contributed by atoms with van der Waals surface area (Å²) in [7, 11) is 1.67. The van der Waals surface area contributed by atoms with Crippen LogP contribution in [-0.2, 0) is 4.74 Å². The van der Waals surface area contributed by atoms with E-state index in [2.05, 4.69) is 65.8 Å². The Bertz CT molecular complexity index is 1160. The zero-order chi connectivity index (χ0) is 21.9. The number of amidine groups is 1. The number of ether oxygens (including phenoxy) is 2. The summed E-state index contributed by atoms with van der Waals surface area (Å²) in [5, 5.41) is 4.78. The van der Waals surface area contributed by atoms with Gasteiger partial charge in [0.1, 0.15) is 11.5 Å². The molecule has 0 atom stereocenters. The molecule has 5 rings (SSSR count). The van der Waals surface area contributed by atoms with E-state index >= 15 is 0 Å². The molecule has 1 N–H and O–H groups in total. The first kappa shape index (κ1) is 20.3. The van der Waals surface area contributed by atoms with Crippen LogP contribution in [0.2, 0.25) is 0 Å². The molecule has 32 heavy (non-hydrogen) atoms. The van der Waals surface area contributed by atoms with Crippen molar-refractivity contribution in [3.63, 3.8) is 0 Å². The molecule has 0 radical (unpaired) electrons. The van der Waals surface area contributed by atoms with Crippen molar-refractivity contribution in [1.29, 1.82) is 0 Å². The molecule has 162 valence electrons. The van der Waals surface area contributed by atoms with Gasteiger partial charge in [0.2, 0.25) is 0 Å². The molecule has 2 heterocycles. The van der Waals surface area contributed by atoms with E-state index in [1.54, 1.807) is 7.11 Å². The standard InChI is InChI=1S/C26H26N4O2/c1-18-3-5-20(6-4-18)26-27-24-12-11-22(31-2)17-23(24)25(28-29-26)19-7-9-21(10-8-19)30-13-15-32-16-14-30/h3-12,17H,13-16H2,1-2H3,(H,27,29). The van der Waals surface area contributed by atoms with Crippen LogP contribution in [0.4, 0.5) is 11.4 Å². The third kappa shape index (κ3) is 4.09. The molecule has 1 fully saturated rings. The first-order valence-corrected chi connectivity index (χ1v) is 10.8. The Morgan fingerprint density at radius 3 is 2.34 bits per heavy atom. The van der Waals surface area contributed by atoms with E-state index in [1.807, 2.05) is 18.2 Å². The van der Waals surface area contributed by atoms with E-state index < -0.39 is 0 Å². The molecule has 0 unspecified atom stereocenters. The number of morpholine rings is 1. The maximum atomic E-state index is 5.49. The number of nitrogens with zero attached hydrogens (tertiary/aromatic N) is 3. The highest BCUT2D eigenvalue weighted by atomic mass is 16.5. The number of benzene rings is 3. The fourth-order valence-electron chi connectivity index (χ4n) is 3.96. The Balaban J connectivity index is 1.53. The predicted octanol–water partition coefficient (Wildman–Crippen LogP) is 4.27. The van der Waals surface area contributed by atoms with Gasteiger partial charge < -0.3 is 14.4 Å². The zero-order valence-electron chi connectivity index (χ0n) is 18.3. The van der Waals surface area contributed by atoms with Crippen LogP contribution in [-0.4, -0.2) is 45.0 Å². The maximum absolute atomic E-state index is 5.49. The lowest BCUT2D eigenvalue weighted by atomic mass is 10.00. The number of nitrogens with one attached hydrogen (secondary N) is 1. The van der Waals surface area contributed by atoms with Crippen LogP contribution < -0.4 is 15.1 Å². The second kappa shape index (κ2) is 8.85. The number of hydrogen-bond acceptors (Lipinski definition) is 6. The minimum atomic E-state index is 0.719. The van der Waals surface area contributed by atoms with Crippen molar-refractivity contribution < 1.29 is 9.47 Å². The quantitative estimate of drug-likeness (QED) is 0.677. The van der Waals surface area contributed by atoms with E-state index in [0.717, 1.165) is 66.0 Å². The molecule has 0 aliphatic carbocycles. The van der Waals surface area contributed by atoms with Crippen LogP contribution in [0, 0.1) is 6.92 Å². The number of aryl methyl sites for hydroxylation is 1. The van der Waals surface area contributed by atoms with E-state index in [0.29, 0.717) is 0 Å². The largest absolute Gasteiger partial charge is 0.497 e. The second-order valence-corrected chi connectivity index (χ2v) is 7.93. The minimum absolute atomic E-state index is 0.719. The van der Waals surface area contributed by atoms with Crippen molar-refractivity contribution in [2.24, 2.45) is 10.1 Å². The molecule has 0 aromatic heterocycles. The number of hydrogen-bond donors (Lipinski definition) is 1. The summed E-state index contributed by atoms with van der Waals surface area (Å²) < 4.78 is 11.0. The summed E-state index contributed by atoms with van der Waals surface area (Å²) in [5.41, 5.74) is 10.2.